The second-order valence-electron chi connectivity index (χ2n) is 13.1. The first-order valence-corrected chi connectivity index (χ1v) is 15.5. The Morgan fingerprint density at radius 3 is 2.64 bits per heavy atom. The lowest BCUT2D eigenvalue weighted by Crippen LogP contribution is -2.45. The van der Waals surface area contributed by atoms with E-state index in [9.17, 15) is 9.90 Å². The molecule has 0 amide bonds. The van der Waals surface area contributed by atoms with E-state index in [0.29, 0.717) is 42.4 Å². The number of aliphatic carboxylic acids is 1. The first-order valence-electron chi connectivity index (χ1n) is 15.5. The molecular formula is C35H41N5O5. The van der Waals surface area contributed by atoms with Crippen LogP contribution in [0.1, 0.15) is 64.8 Å². The summed E-state index contributed by atoms with van der Waals surface area (Å²) in [6.07, 6.45) is 7.68. The lowest BCUT2D eigenvalue weighted by molar-refractivity contribution is -0.160. The Bertz CT molecular complexity index is 1750. The Morgan fingerprint density at radius 1 is 1.16 bits per heavy atom. The minimum absolute atomic E-state index is 0.171. The topological polar surface area (TPSA) is 111 Å². The number of ether oxygens (including phenoxy) is 3. The minimum Gasteiger partial charge on any atom is -0.486 e. The summed E-state index contributed by atoms with van der Waals surface area (Å²) in [6, 6.07) is 11.9. The molecule has 3 aromatic heterocycles. The molecule has 6 bridgehead atoms. The van der Waals surface area contributed by atoms with Crippen LogP contribution in [0, 0.1) is 6.92 Å². The van der Waals surface area contributed by atoms with E-state index in [4.69, 9.17) is 24.3 Å². The highest BCUT2D eigenvalue weighted by atomic mass is 16.5. The molecule has 4 aromatic rings. The van der Waals surface area contributed by atoms with Crippen LogP contribution in [0.3, 0.4) is 0 Å². The molecule has 0 saturated carbocycles. The monoisotopic (exact) mass is 611 g/mol. The molecule has 0 unspecified atom stereocenters. The fourth-order valence-corrected chi connectivity index (χ4v) is 6.07. The summed E-state index contributed by atoms with van der Waals surface area (Å²) in [5.74, 6) is 0.351. The van der Waals surface area contributed by atoms with Crippen molar-refractivity contribution in [2.75, 3.05) is 24.6 Å². The third kappa shape index (κ3) is 6.43. The van der Waals surface area contributed by atoms with E-state index in [2.05, 4.69) is 22.9 Å². The predicted octanol–water partition coefficient (Wildman–Crippen LogP) is 6.42. The van der Waals surface area contributed by atoms with Crippen LogP contribution in [-0.4, -0.2) is 67.7 Å². The highest BCUT2D eigenvalue weighted by Crippen LogP contribution is 2.39. The smallest absolute Gasteiger partial charge is 0.337 e. The summed E-state index contributed by atoms with van der Waals surface area (Å²) in [6.45, 7) is 13.3. The van der Waals surface area contributed by atoms with E-state index in [1.807, 2.05) is 83.3 Å². The van der Waals surface area contributed by atoms with Gasteiger partial charge in [0.25, 0.3) is 0 Å². The Balaban J connectivity index is 1.55. The zero-order valence-electron chi connectivity index (χ0n) is 26.8. The third-order valence-corrected chi connectivity index (χ3v) is 8.38. The molecule has 10 heteroatoms. The number of fused-ring (bicyclic) bond motifs is 6. The fourth-order valence-electron chi connectivity index (χ4n) is 6.07. The molecule has 7 rings (SSSR count). The molecule has 3 aliphatic rings. The van der Waals surface area contributed by atoms with Crippen molar-refractivity contribution in [2.24, 2.45) is 0 Å². The molecule has 1 aromatic carbocycles. The molecule has 0 aliphatic carbocycles. The summed E-state index contributed by atoms with van der Waals surface area (Å²) >= 11 is 0. The van der Waals surface area contributed by atoms with Gasteiger partial charge in [-0.2, -0.15) is 9.61 Å². The number of carboxylic acid groups (broad SMARTS) is 1. The largest absolute Gasteiger partial charge is 0.486 e. The normalized spacial score (nSPS) is 21.1. The van der Waals surface area contributed by atoms with E-state index in [-0.39, 0.29) is 11.7 Å². The Hall–Kier alpha value is -4.28. The average Bonchev–Trinajstić information content (AvgIpc) is 3.41. The van der Waals surface area contributed by atoms with Crippen LogP contribution in [0.4, 0.5) is 5.82 Å². The van der Waals surface area contributed by atoms with Gasteiger partial charge in [0, 0.05) is 48.4 Å². The van der Waals surface area contributed by atoms with Crippen molar-refractivity contribution in [2.45, 2.75) is 77.8 Å². The highest BCUT2D eigenvalue weighted by molar-refractivity contribution is 5.80. The highest BCUT2D eigenvalue weighted by Gasteiger charge is 2.37. The van der Waals surface area contributed by atoms with Crippen LogP contribution in [0.5, 0.6) is 5.75 Å². The van der Waals surface area contributed by atoms with Gasteiger partial charge in [0.2, 0.25) is 0 Å². The number of piperidine rings is 1. The minimum atomic E-state index is -1.23. The van der Waals surface area contributed by atoms with Gasteiger partial charge in [-0.1, -0.05) is 24.3 Å². The standard InChI is InChI=1S/C35H41N5O5/c1-22-9-8-18-43-35(6)13-16-39(17-14-35)32-30(31(33(41)42)45-34(3,4)5)23(2)37-29-20-27(38-40(29)32)25-11-7-10-24(19-25)26-21-36-15-12-28(26)44-22/h7-12,15,19-22,31H,13-14,16-18H2,1-6H3,(H,41,42)/t22-,31-/m0/s1. The number of rotatable bonds is 3. The van der Waals surface area contributed by atoms with Crippen molar-refractivity contribution >= 4 is 17.4 Å². The molecule has 0 radical (unpaired) electrons. The summed E-state index contributed by atoms with van der Waals surface area (Å²) in [7, 11) is 0. The summed E-state index contributed by atoms with van der Waals surface area (Å²) in [5.41, 5.74) is 4.13. The maximum Gasteiger partial charge on any atom is 0.337 e. The van der Waals surface area contributed by atoms with Crippen LogP contribution in [-0.2, 0) is 14.3 Å². The van der Waals surface area contributed by atoms with Crippen molar-refractivity contribution in [1.29, 1.82) is 0 Å². The van der Waals surface area contributed by atoms with Crippen molar-refractivity contribution < 1.29 is 24.1 Å². The zero-order valence-corrected chi connectivity index (χ0v) is 26.8. The summed E-state index contributed by atoms with van der Waals surface area (Å²) < 4.78 is 20.7. The number of aryl methyl sites for hydroxylation is 1. The van der Waals surface area contributed by atoms with Crippen molar-refractivity contribution in [1.82, 2.24) is 19.6 Å². The van der Waals surface area contributed by atoms with Crippen molar-refractivity contribution in [3.63, 3.8) is 0 Å². The Labute approximate surface area is 263 Å². The SMILES string of the molecule is Cc1nc2cc3nn2c(c1[C@H](OC(C)(C)C)C(=O)O)N1CCC(C)(CC1)OCC=C[C@H](C)Oc1ccncc1-c1cccc-3c1. The van der Waals surface area contributed by atoms with Gasteiger partial charge in [-0.3, -0.25) is 4.98 Å². The molecule has 3 aliphatic heterocycles. The Morgan fingerprint density at radius 2 is 1.91 bits per heavy atom. The zero-order chi connectivity index (χ0) is 31.9. The fraction of sp³-hybridized carbons (Fsp3) is 0.429. The van der Waals surface area contributed by atoms with E-state index in [1.54, 1.807) is 10.7 Å². The number of carbonyl (C=O) groups is 1. The van der Waals surface area contributed by atoms with Gasteiger partial charge in [-0.05, 0) is 78.2 Å². The average molecular weight is 612 g/mol. The van der Waals surface area contributed by atoms with Gasteiger partial charge in [-0.15, -0.1) is 0 Å². The maximum atomic E-state index is 12.8. The summed E-state index contributed by atoms with van der Waals surface area (Å²) in [4.78, 5) is 24.2. The Kier molecular flexibility index (Phi) is 8.13. The number of carboxylic acids is 1. The number of pyridine rings is 1. The molecule has 6 heterocycles. The van der Waals surface area contributed by atoms with Crippen molar-refractivity contribution in [3.8, 4) is 28.1 Å². The van der Waals surface area contributed by atoms with Crippen LogP contribution in [0.25, 0.3) is 28.0 Å². The molecule has 45 heavy (non-hydrogen) atoms. The first-order chi connectivity index (χ1) is 21.4. The number of hydrogen-bond acceptors (Lipinski definition) is 8. The molecule has 2 atom stereocenters. The molecule has 0 spiro atoms. The maximum absolute atomic E-state index is 12.8. The molecular weight excluding hydrogens is 570 g/mol. The van der Waals surface area contributed by atoms with E-state index in [0.717, 1.165) is 41.0 Å². The number of aromatic nitrogens is 4. The van der Waals surface area contributed by atoms with Gasteiger partial charge >= 0.3 is 5.97 Å². The number of nitrogens with zero attached hydrogens (tertiary/aromatic N) is 5. The quantitative estimate of drug-likeness (QED) is 0.262. The number of benzene rings is 1. The van der Waals surface area contributed by atoms with Crippen LogP contribution < -0.4 is 9.64 Å². The van der Waals surface area contributed by atoms with E-state index in [1.165, 1.54) is 0 Å². The molecule has 1 fully saturated rings. The first kappa shape index (κ1) is 30.7. The second kappa shape index (κ2) is 11.9. The second-order valence-corrected chi connectivity index (χ2v) is 13.1. The molecule has 1 N–H and O–H groups in total. The van der Waals surface area contributed by atoms with Crippen LogP contribution >= 0.6 is 0 Å². The molecule has 10 nitrogen and oxygen atoms in total. The van der Waals surface area contributed by atoms with Gasteiger partial charge in [-0.25, -0.2) is 9.78 Å². The van der Waals surface area contributed by atoms with Gasteiger partial charge in [0.15, 0.2) is 11.8 Å². The van der Waals surface area contributed by atoms with Crippen LogP contribution in [0.2, 0.25) is 0 Å². The predicted molar refractivity (Wildman–Crippen MR) is 173 cm³/mol. The van der Waals surface area contributed by atoms with Crippen LogP contribution in [0.15, 0.2) is 60.9 Å². The lowest BCUT2D eigenvalue weighted by Gasteiger charge is -2.41. The van der Waals surface area contributed by atoms with Gasteiger partial charge in [0.05, 0.1) is 29.1 Å². The molecule has 1 saturated heterocycles. The van der Waals surface area contributed by atoms with E-state index < -0.39 is 17.7 Å². The lowest BCUT2D eigenvalue weighted by atomic mass is 9.92. The molecule has 236 valence electrons. The van der Waals surface area contributed by atoms with Gasteiger partial charge in [0.1, 0.15) is 17.7 Å². The summed E-state index contributed by atoms with van der Waals surface area (Å²) in [5, 5.41) is 15.5. The third-order valence-electron chi connectivity index (χ3n) is 8.38. The number of hydrogen-bond donors (Lipinski definition) is 1. The van der Waals surface area contributed by atoms with Crippen molar-refractivity contribution in [3.05, 3.63) is 72.2 Å². The number of anilines is 1. The van der Waals surface area contributed by atoms with Gasteiger partial charge < -0.3 is 24.2 Å². The van der Waals surface area contributed by atoms with E-state index >= 15 is 0 Å².